The molecule has 0 aliphatic carbocycles. The molecule has 1 aliphatic heterocycles. The Morgan fingerprint density at radius 2 is 1.97 bits per heavy atom. The van der Waals surface area contributed by atoms with Crippen molar-refractivity contribution >= 4 is 29.1 Å². The van der Waals surface area contributed by atoms with Crippen LogP contribution >= 0.6 is 11.3 Å². The number of nitrogens with one attached hydrogen (secondary N) is 2. The first kappa shape index (κ1) is 22.0. The topological polar surface area (TPSA) is 78.5 Å². The predicted molar refractivity (Wildman–Crippen MR) is 119 cm³/mol. The summed E-state index contributed by atoms with van der Waals surface area (Å²) >= 11 is 1.73. The molecule has 1 aromatic heterocycles. The number of nitrogens with zero attached hydrogens (tertiary/aromatic N) is 1. The van der Waals surface area contributed by atoms with E-state index in [1.807, 2.05) is 31.7 Å². The largest absolute Gasteiger partial charge is 0.343 e. The monoisotopic (exact) mass is 427 g/mol. The minimum atomic E-state index is -0.568. The Labute approximate surface area is 181 Å². The standard InChI is InChI=1S/C23H29N3O3S/c1-4-5-19(23(29)26-10-8-20-18(14-26)9-11-30-20)25-21(27)13-24-22(28)17-7-6-15(2)16(3)12-17/h6-7,9,11-12,19H,4-5,8,10,13-14H2,1-3H3,(H,24,28)(H,25,27). The smallest absolute Gasteiger partial charge is 0.251 e. The summed E-state index contributed by atoms with van der Waals surface area (Å²) in [4.78, 5) is 40.9. The van der Waals surface area contributed by atoms with Crippen LogP contribution in [0, 0.1) is 13.8 Å². The molecule has 2 N–H and O–H groups in total. The van der Waals surface area contributed by atoms with E-state index in [-0.39, 0.29) is 24.3 Å². The van der Waals surface area contributed by atoms with Crippen LogP contribution in [0.2, 0.25) is 0 Å². The van der Waals surface area contributed by atoms with E-state index in [0.717, 1.165) is 24.0 Å². The summed E-state index contributed by atoms with van der Waals surface area (Å²) in [5.41, 5.74) is 3.85. The lowest BCUT2D eigenvalue weighted by Crippen LogP contribution is -2.51. The zero-order valence-corrected chi connectivity index (χ0v) is 18.6. The van der Waals surface area contributed by atoms with Crippen LogP contribution < -0.4 is 10.6 Å². The van der Waals surface area contributed by atoms with E-state index in [1.54, 1.807) is 23.5 Å². The number of hydrogen-bond donors (Lipinski definition) is 2. The molecule has 0 bridgehead atoms. The number of hydrogen-bond acceptors (Lipinski definition) is 4. The van der Waals surface area contributed by atoms with Crippen molar-refractivity contribution in [1.29, 1.82) is 0 Å². The first-order valence-electron chi connectivity index (χ1n) is 10.4. The normalized spacial score (nSPS) is 14.0. The highest BCUT2D eigenvalue weighted by Gasteiger charge is 2.28. The van der Waals surface area contributed by atoms with Gasteiger partial charge in [0.2, 0.25) is 11.8 Å². The second-order valence-electron chi connectivity index (χ2n) is 7.77. The molecular formula is C23H29N3O3S. The second-order valence-corrected chi connectivity index (χ2v) is 8.77. The Morgan fingerprint density at radius 1 is 1.17 bits per heavy atom. The molecule has 1 atom stereocenters. The Kier molecular flexibility index (Phi) is 7.26. The molecule has 7 heteroatoms. The van der Waals surface area contributed by atoms with Crippen molar-refractivity contribution in [3.05, 3.63) is 56.8 Å². The lowest BCUT2D eigenvalue weighted by Gasteiger charge is -2.31. The highest BCUT2D eigenvalue weighted by Crippen LogP contribution is 2.24. The van der Waals surface area contributed by atoms with Gasteiger partial charge in [-0.15, -0.1) is 11.3 Å². The Hall–Kier alpha value is -2.67. The highest BCUT2D eigenvalue weighted by molar-refractivity contribution is 7.10. The summed E-state index contributed by atoms with van der Waals surface area (Å²) in [6.07, 6.45) is 2.21. The van der Waals surface area contributed by atoms with Crippen LogP contribution in [-0.4, -0.2) is 41.8 Å². The summed E-state index contributed by atoms with van der Waals surface area (Å²) in [6.45, 7) is 7.02. The van der Waals surface area contributed by atoms with E-state index >= 15 is 0 Å². The zero-order chi connectivity index (χ0) is 21.7. The maximum Gasteiger partial charge on any atom is 0.251 e. The zero-order valence-electron chi connectivity index (χ0n) is 17.8. The van der Waals surface area contributed by atoms with Gasteiger partial charge in [0, 0.05) is 23.5 Å². The fourth-order valence-electron chi connectivity index (χ4n) is 3.59. The van der Waals surface area contributed by atoms with E-state index in [9.17, 15) is 14.4 Å². The van der Waals surface area contributed by atoms with Gasteiger partial charge in [-0.3, -0.25) is 14.4 Å². The number of benzene rings is 1. The van der Waals surface area contributed by atoms with Crippen molar-refractivity contribution in [3.63, 3.8) is 0 Å². The van der Waals surface area contributed by atoms with Gasteiger partial charge in [0.15, 0.2) is 0 Å². The summed E-state index contributed by atoms with van der Waals surface area (Å²) in [7, 11) is 0. The third kappa shape index (κ3) is 5.27. The Morgan fingerprint density at radius 3 is 2.70 bits per heavy atom. The van der Waals surface area contributed by atoms with E-state index < -0.39 is 6.04 Å². The Bertz CT molecular complexity index is 938. The molecular weight excluding hydrogens is 398 g/mol. The average Bonchev–Trinajstić information content (AvgIpc) is 3.21. The predicted octanol–water partition coefficient (Wildman–Crippen LogP) is 2.96. The van der Waals surface area contributed by atoms with Crippen LogP contribution in [0.15, 0.2) is 29.6 Å². The average molecular weight is 428 g/mol. The van der Waals surface area contributed by atoms with Crippen molar-refractivity contribution in [2.24, 2.45) is 0 Å². The van der Waals surface area contributed by atoms with Crippen molar-refractivity contribution in [1.82, 2.24) is 15.5 Å². The molecule has 0 spiro atoms. The van der Waals surface area contributed by atoms with Gasteiger partial charge in [-0.25, -0.2) is 0 Å². The third-order valence-electron chi connectivity index (χ3n) is 5.51. The number of amides is 3. The van der Waals surface area contributed by atoms with Gasteiger partial charge in [0.05, 0.1) is 6.54 Å². The van der Waals surface area contributed by atoms with Crippen molar-refractivity contribution < 1.29 is 14.4 Å². The highest BCUT2D eigenvalue weighted by atomic mass is 32.1. The van der Waals surface area contributed by atoms with Gasteiger partial charge in [0.25, 0.3) is 5.91 Å². The molecule has 0 fully saturated rings. The summed E-state index contributed by atoms with van der Waals surface area (Å²) in [5.74, 6) is -0.706. The molecule has 3 rings (SSSR count). The van der Waals surface area contributed by atoms with Crippen molar-refractivity contribution in [2.75, 3.05) is 13.1 Å². The van der Waals surface area contributed by atoms with Crippen LogP contribution in [0.5, 0.6) is 0 Å². The summed E-state index contributed by atoms with van der Waals surface area (Å²) in [5, 5.41) is 7.52. The van der Waals surface area contributed by atoms with Gasteiger partial charge in [0.1, 0.15) is 6.04 Å². The maximum atomic E-state index is 13.0. The summed E-state index contributed by atoms with van der Waals surface area (Å²) in [6, 6.07) is 6.93. The van der Waals surface area contributed by atoms with E-state index in [4.69, 9.17) is 0 Å². The third-order valence-corrected chi connectivity index (χ3v) is 6.53. The number of carbonyl (C=O) groups excluding carboxylic acids is 3. The number of fused-ring (bicyclic) bond motifs is 1. The fraction of sp³-hybridized carbons (Fsp3) is 0.435. The van der Waals surface area contributed by atoms with Crippen molar-refractivity contribution in [2.45, 2.75) is 52.6 Å². The maximum absolute atomic E-state index is 13.0. The minimum absolute atomic E-state index is 0.0532. The quantitative estimate of drug-likeness (QED) is 0.713. The Balaban J connectivity index is 1.55. The summed E-state index contributed by atoms with van der Waals surface area (Å²) < 4.78 is 0. The van der Waals surface area contributed by atoms with Crippen LogP contribution in [-0.2, 0) is 22.6 Å². The molecule has 0 radical (unpaired) electrons. The molecule has 2 heterocycles. The second kappa shape index (κ2) is 9.89. The van der Waals surface area contributed by atoms with E-state index in [1.165, 1.54) is 10.4 Å². The van der Waals surface area contributed by atoms with Crippen LogP contribution in [0.3, 0.4) is 0 Å². The lowest BCUT2D eigenvalue weighted by atomic mass is 10.1. The van der Waals surface area contributed by atoms with Gasteiger partial charge in [-0.05, 0) is 67.0 Å². The molecule has 6 nitrogen and oxygen atoms in total. The first-order chi connectivity index (χ1) is 14.4. The molecule has 30 heavy (non-hydrogen) atoms. The molecule has 2 aromatic rings. The number of carbonyl (C=O) groups is 3. The molecule has 3 amide bonds. The van der Waals surface area contributed by atoms with Crippen LogP contribution in [0.1, 0.15) is 51.7 Å². The number of aryl methyl sites for hydroxylation is 2. The molecule has 1 unspecified atom stereocenters. The fourth-order valence-corrected chi connectivity index (χ4v) is 4.48. The first-order valence-corrected chi connectivity index (χ1v) is 11.3. The van der Waals surface area contributed by atoms with Gasteiger partial charge in [-0.2, -0.15) is 0 Å². The van der Waals surface area contributed by atoms with Crippen LogP contribution in [0.4, 0.5) is 0 Å². The lowest BCUT2D eigenvalue weighted by molar-refractivity contribution is -0.137. The minimum Gasteiger partial charge on any atom is -0.343 e. The molecule has 1 aliphatic rings. The number of thiophene rings is 1. The molecule has 1 aromatic carbocycles. The van der Waals surface area contributed by atoms with Gasteiger partial charge >= 0.3 is 0 Å². The SMILES string of the molecule is CCCC(NC(=O)CNC(=O)c1ccc(C)c(C)c1)C(=O)N1CCc2sccc2C1. The molecule has 160 valence electrons. The van der Waals surface area contributed by atoms with E-state index in [0.29, 0.717) is 25.1 Å². The number of rotatable bonds is 7. The van der Waals surface area contributed by atoms with E-state index in [2.05, 4.69) is 22.1 Å². The van der Waals surface area contributed by atoms with Crippen LogP contribution in [0.25, 0.3) is 0 Å². The molecule has 0 saturated carbocycles. The molecule has 0 saturated heterocycles. The van der Waals surface area contributed by atoms with Crippen molar-refractivity contribution in [3.8, 4) is 0 Å². The van der Waals surface area contributed by atoms with Gasteiger partial charge in [-0.1, -0.05) is 19.4 Å². The van der Waals surface area contributed by atoms with Gasteiger partial charge < -0.3 is 15.5 Å².